The van der Waals surface area contributed by atoms with Gasteiger partial charge in [0.15, 0.2) is 12.1 Å². The van der Waals surface area contributed by atoms with Crippen molar-refractivity contribution < 1.29 is 19.1 Å². The fourth-order valence-corrected chi connectivity index (χ4v) is 6.42. The van der Waals surface area contributed by atoms with Gasteiger partial charge in [0.05, 0.1) is 12.1 Å². The summed E-state index contributed by atoms with van der Waals surface area (Å²) in [5.41, 5.74) is 3.82. The lowest BCUT2D eigenvalue weighted by Crippen LogP contribution is -2.74. The minimum atomic E-state index is -0.990. The van der Waals surface area contributed by atoms with Crippen LogP contribution in [0.4, 0.5) is 0 Å². The van der Waals surface area contributed by atoms with Crippen LogP contribution >= 0.6 is 11.8 Å². The summed E-state index contributed by atoms with van der Waals surface area (Å²) < 4.78 is 6.22. The molecule has 1 aromatic heterocycles. The standard InChI is InChI=1S/C35H29N3O4S/c39-29(22-24-12-4-1-5-13-24)37-30-33(40)38-31(27(23-43-34(30)38)19-20-28-18-10-11-21-36-28)35(41)42-32(25-14-6-2-7-15-25)26-16-8-3-9-17-26/h1-21,23,30-32,34H,22H2,(H,37,39)/t30?,31?,34-/m0/s1. The maximum atomic E-state index is 14.1. The quantitative estimate of drug-likeness (QED) is 0.211. The second-order valence-electron chi connectivity index (χ2n) is 10.2. The third-order valence-corrected chi connectivity index (χ3v) is 8.52. The van der Waals surface area contributed by atoms with Crippen LogP contribution in [-0.2, 0) is 25.5 Å². The molecule has 0 aliphatic carbocycles. The molecule has 0 radical (unpaired) electrons. The highest BCUT2D eigenvalue weighted by Gasteiger charge is 2.56. The number of nitrogens with one attached hydrogen (secondary N) is 1. The van der Waals surface area contributed by atoms with Gasteiger partial charge in [0.25, 0.3) is 0 Å². The predicted molar refractivity (Wildman–Crippen MR) is 166 cm³/mol. The number of aromatic nitrogens is 1. The van der Waals surface area contributed by atoms with Crippen molar-refractivity contribution in [3.05, 3.63) is 155 Å². The molecule has 7 nitrogen and oxygen atoms in total. The Morgan fingerprint density at radius 3 is 2.12 bits per heavy atom. The van der Waals surface area contributed by atoms with Crippen molar-refractivity contribution in [1.82, 2.24) is 15.2 Å². The average Bonchev–Trinajstić information content (AvgIpc) is 3.06. The monoisotopic (exact) mass is 587 g/mol. The molecule has 8 heteroatoms. The first kappa shape index (κ1) is 28.2. The van der Waals surface area contributed by atoms with E-state index in [0.717, 1.165) is 22.4 Å². The highest BCUT2D eigenvalue weighted by atomic mass is 32.2. The fraction of sp³-hybridized carbons (Fsp3) is 0.143. The van der Waals surface area contributed by atoms with E-state index in [9.17, 15) is 14.4 Å². The van der Waals surface area contributed by atoms with Crippen LogP contribution in [0, 0.1) is 0 Å². The van der Waals surface area contributed by atoms with Gasteiger partial charge in [-0.25, -0.2) is 4.79 Å². The fourth-order valence-electron chi connectivity index (χ4n) is 5.22. The first-order chi connectivity index (χ1) is 21.1. The largest absolute Gasteiger partial charge is 0.451 e. The van der Waals surface area contributed by atoms with Crippen molar-refractivity contribution >= 4 is 35.6 Å². The van der Waals surface area contributed by atoms with Crippen LogP contribution in [0.5, 0.6) is 0 Å². The topological polar surface area (TPSA) is 88.6 Å². The number of ether oxygens (including phenoxy) is 1. The molecule has 1 fully saturated rings. The molecule has 1 N–H and O–H groups in total. The van der Waals surface area contributed by atoms with Crippen molar-refractivity contribution in [2.45, 2.75) is 30.0 Å². The summed E-state index contributed by atoms with van der Waals surface area (Å²) in [5, 5.41) is 4.31. The molecule has 2 amide bonds. The Bertz CT molecular complexity index is 1610. The number of pyridine rings is 1. The Balaban J connectivity index is 1.27. The second-order valence-corrected chi connectivity index (χ2v) is 11.2. The zero-order chi connectivity index (χ0) is 29.6. The van der Waals surface area contributed by atoms with Gasteiger partial charge in [0, 0.05) is 6.20 Å². The van der Waals surface area contributed by atoms with E-state index in [2.05, 4.69) is 10.3 Å². The van der Waals surface area contributed by atoms with E-state index in [1.165, 1.54) is 16.7 Å². The molecule has 3 atom stereocenters. The van der Waals surface area contributed by atoms with Crippen LogP contribution in [0.25, 0.3) is 6.08 Å². The molecular weight excluding hydrogens is 558 g/mol. The molecule has 4 aromatic rings. The third kappa shape index (κ3) is 6.29. The number of hydrogen-bond donors (Lipinski definition) is 1. The summed E-state index contributed by atoms with van der Waals surface area (Å²) in [7, 11) is 0. The third-order valence-electron chi connectivity index (χ3n) is 7.34. The molecule has 214 valence electrons. The lowest BCUT2D eigenvalue weighted by atomic mass is 9.96. The van der Waals surface area contributed by atoms with Gasteiger partial charge in [-0.1, -0.05) is 103 Å². The van der Waals surface area contributed by atoms with Crippen molar-refractivity contribution in [2.24, 2.45) is 0 Å². The van der Waals surface area contributed by atoms with Crippen LogP contribution in [0.15, 0.2) is 132 Å². The van der Waals surface area contributed by atoms with Crippen molar-refractivity contribution in [3.63, 3.8) is 0 Å². The van der Waals surface area contributed by atoms with Crippen LogP contribution in [0.1, 0.15) is 28.5 Å². The van der Waals surface area contributed by atoms with Gasteiger partial charge in [-0.15, -0.1) is 11.8 Å². The van der Waals surface area contributed by atoms with Crippen LogP contribution in [-0.4, -0.2) is 45.1 Å². The SMILES string of the molecule is O=C(Cc1ccccc1)NC1C(=O)N2C(C(=O)OC(c3ccccc3)c3ccccc3)C(C=Cc3ccccn3)=CS[C@@H]12. The molecule has 2 unspecified atom stereocenters. The Kier molecular flexibility index (Phi) is 8.47. The Morgan fingerprint density at radius 1 is 0.860 bits per heavy atom. The van der Waals surface area contributed by atoms with Gasteiger partial charge < -0.3 is 15.0 Å². The van der Waals surface area contributed by atoms with Gasteiger partial charge in [-0.3, -0.25) is 14.6 Å². The number of esters is 1. The van der Waals surface area contributed by atoms with Gasteiger partial charge in [-0.2, -0.15) is 0 Å². The Morgan fingerprint density at radius 2 is 1.49 bits per heavy atom. The van der Waals surface area contributed by atoms with Crippen LogP contribution < -0.4 is 5.32 Å². The average molecular weight is 588 g/mol. The van der Waals surface area contributed by atoms with Crippen LogP contribution in [0.3, 0.4) is 0 Å². The molecule has 6 rings (SSSR count). The molecule has 3 heterocycles. The number of fused-ring (bicyclic) bond motifs is 1. The number of carbonyl (C=O) groups excluding carboxylic acids is 3. The summed E-state index contributed by atoms with van der Waals surface area (Å²) in [5.74, 6) is -1.13. The first-order valence-electron chi connectivity index (χ1n) is 14.0. The lowest BCUT2D eigenvalue weighted by Gasteiger charge is -2.51. The zero-order valence-corrected chi connectivity index (χ0v) is 24.0. The molecule has 2 aliphatic heterocycles. The Labute approximate surface area is 254 Å². The van der Waals surface area contributed by atoms with Gasteiger partial charge >= 0.3 is 5.97 Å². The minimum absolute atomic E-state index is 0.164. The molecule has 3 aromatic carbocycles. The zero-order valence-electron chi connectivity index (χ0n) is 23.2. The summed E-state index contributed by atoms with van der Waals surface area (Å²) >= 11 is 1.40. The van der Waals surface area contributed by atoms with Crippen molar-refractivity contribution in [2.75, 3.05) is 0 Å². The number of thioether (sulfide) groups is 1. The maximum absolute atomic E-state index is 14.1. The lowest BCUT2D eigenvalue weighted by molar-refractivity contribution is -0.165. The van der Waals surface area contributed by atoms with Crippen molar-refractivity contribution in [1.29, 1.82) is 0 Å². The Hall–Kier alpha value is -4.95. The van der Waals surface area contributed by atoms with Crippen molar-refractivity contribution in [3.8, 4) is 0 Å². The van der Waals surface area contributed by atoms with E-state index in [-0.39, 0.29) is 18.2 Å². The molecule has 2 aliphatic rings. The first-order valence-corrected chi connectivity index (χ1v) is 14.9. The van der Waals surface area contributed by atoms with Gasteiger partial charge in [-0.05, 0) is 45.9 Å². The van der Waals surface area contributed by atoms with E-state index in [1.807, 2.05) is 121 Å². The number of carbonyl (C=O) groups is 3. The maximum Gasteiger partial charge on any atom is 0.334 e. The van der Waals surface area contributed by atoms with E-state index in [4.69, 9.17) is 4.74 Å². The van der Waals surface area contributed by atoms with E-state index in [1.54, 1.807) is 12.3 Å². The number of benzene rings is 3. The predicted octanol–water partition coefficient (Wildman–Crippen LogP) is 5.32. The summed E-state index contributed by atoms with van der Waals surface area (Å²) in [6.07, 6.45) is 4.80. The molecule has 0 spiro atoms. The van der Waals surface area contributed by atoms with Crippen LogP contribution in [0.2, 0.25) is 0 Å². The van der Waals surface area contributed by atoms with E-state index in [0.29, 0.717) is 5.57 Å². The summed E-state index contributed by atoms with van der Waals surface area (Å²) in [4.78, 5) is 46.3. The number of hydrogen-bond acceptors (Lipinski definition) is 6. The number of amides is 2. The summed E-state index contributed by atoms with van der Waals surface area (Å²) in [6, 6.07) is 32.3. The molecule has 43 heavy (non-hydrogen) atoms. The normalized spacial score (nSPS) is 19.4. The molecule has 0 saturated carbocycles. The molecule has 0 bridgehead atoms. The molecule has 1 saturated heterocycles. The molecular formula is C35H29N3O4S. The van der Waals surface area contributed by atoms with E-state index >= 15 is 0 Å². The minimum Gasteiger partial charge on any atom is -0.451 e. The number of rotatable bonds is 9. The second kappa shape index (κ2) is 12.9. The highest BCUT2D eigenvalue weighted by molar-refractivity contribution is 8.03. The van der Waals surface area contributed by atoms with Gasteiger partial charge in [0.2, 0.25) is 11.8 Å². The number of nitrogens with zero attached hydrogens (tertiary/aromatic N) is 2. The highest BCUT2D eigenvalue weighted by Crippen LogP contribution is 2.41. The smallest absolute Gasteiger partial charge is 0.334 e. The number of β-lactam (4-membered cyclic amide) rings is 1. The summed E-state index contributed by atoms with van der Waals surface area (Å²) in [6.45, 7) is 0. The van der Waals surface area contributed by atoms with Gasteiger partial charge in [0.1, 0.15) is 11.4 Å². The van der Waals surface area contributed by atoms with E-state index < -0.39 is 29.5 Å².